The zero-order valence-electron chi connectivity index (χ0n) is 15.9. The second-order valence-corrected chi connectivity index (χ2v) is 8.92. The third-order valence-corrected chi connectivity index (χ3v) is 6.51. The van der Waals surface area contributed by atoms with E-state index in [0.717, 1.165) is 28.6 Å². The van der Waals surface area contributed by atoms with Crippen molar-refractivity contribution in [1.82, 2.24) is 14.5 Å². The predicted octanol–water partition coefficient (Wildman–Crippen LogP) is 1.23. The Morgan fingerprint density at radius 3 is 2.00 bits per heavy atom. The molecule has 1 heterocycles. The zero-order valence-corrected chi connectivity index (χ0v) is 16.8. The Hall–Kier alpha value is -2.34. The van der Waals surface area contributed by atoms with Crippen molar-refractivity contribution in [2.24, 2.45) is 11.7 Å². The Bertz CT molecular complexity index is 848. The summed E-state index contributed by atoms with van der Waals surface area (Å²) in [6.07, 6.45) is -4.56. The van der Waals surface area contributed by atoms with Gasteiger partial charge < -0.3 is 16.0 Å². The number of benzene rings is 1. The Morgan fingerprint density at radius 1 is 1.07 bits per heavy atom. The molecule has 162 valence electrons. The number of piperazine rings is 1. The van der Waals surface area contributed by atoms with Crippen molar-refractivity contribution in [2.45, 2.75) is 31.0 Å². The molecular weight excluding hydrogens is 413 g/mol. The maximum absolute atomic E-state index is 12.7. The van der Waals surface area contributed by atoms with Crippen molar-refractivity contribution in [1.29, 1.82) is 0 Å². The number of amides is 3. The lowest BCUT2D eigenvalue weighted by Crippen LogP contribution is -2.57. The summed E-state index contributed by atoms with van der Waals surface area (Å²) in [7, 11) is -3.99. The number of hydrogen-bond acceptors (Lipinski definition) is 4. The number of nitrogens with one attached hydrogen (secondary N) is 1. The maximum atomic E-state index is 12.7. The smallest absolute Gasteiger partial charge is 0.352 e. The van der Waals surface area contributed by atoms with Crippen molar-refractivity contribution in [2.75, 3.05) is 26.2 Å². The molecule has 0 aromatic heterocycles. The van der Waals surface area contributed by atoms with Gasteiger partial charge in [-0.05, 0) is 30.2 Å². The minimum atomic E-state index is -4.56. The number of sulfonamides is 1. The molecule has 1 aromatic carbocycles. The number of primary amides is 1. The number of carbonyl (C=O) groups is 2. The van der Waals surface area contributed by atoms with Gasteiger partial charge in [0.1, 0.15) is 6.04 Å². The van der Waals surface area contributed by atoms with Crippen LogP contribution in [0.4, 0.5) is 18.0 Å². The monoisotopic (exact) mass is 436 g/mol. The summed E-state index contributed by atoms with van der Waals surface area (Å²) in [5, 5.41) is 2.38. The molecular formula is C17H23F3N4O4S. The van der Waals surface area contributed by atoms with Crippen LogP contribution in [0.1, 0.15) is 19.4 Å². The molecule has 1 aliphatic heterocycles. The van der Waals surface area contributed by atoms with E-state index in [2.05, 4.69) is 5.32 Å². The molecule has 0 bridgehead atoms. The van der Waals surface area contributed by atoms with Gasteiger partial charge >= 0.3 is 12.2 Å². The summed E-state index contributed by atoms with van der Waals surface area (Å²) in [6, 6.07) is 1.61. The number of hydrogen-bond donors (Lipinski definition) is 2. The summed E-state index contributed by atoms with van der Waals surface area (Å²) in [6.45, 7) is 3.62. The quantitative estimate of drug-likeness (QED) is 0.723. The second kappa shape index (κ2) is 8.57. The molecule has 0 spiro atoms. The summed E-state index contributed by atoms with van der Waals surface area (Å²) in [5.74, 6) is -0.589. The first-order chi connectivity index (χ1) is 13.3. The van der Waals surface area contributed by atoms with Crippen LogP contribution in [0.3, 0.4) is 0 Å². The van der Waals surface area contributed by atoms with Crippen LogP contribution in [-0.2, 0) is 21.0 Å². The molecule has 12 heteroatoms. The van der Waals surface area contributed by atoms with Gasteiger partial charge in [-0.3, -0.25) is 4.79 Å². The van der Waals surface area contributed by atoms with E-state index in [4.69, 9.17) is 5.73 Å². The molecule has 3 N–H and O–H groups in total. The van der Waals surface area contributed by atoms with Crippen molar-refractivity contribution in [3.05, 3.63) is 29.8 Å². The molecule has 8 nitrogen and oxygen atoms in total. The Labute approximate surface area is 166 Å². The van der Waals surface area contributed by atoms with E-state index in [-0.39, 0.29) is 42.9 Å². The number of halogens is 3. The summed E-state index contributed by atoms with van der Waals surface area (Å²) in [4.78, 5) is 24.9. The van der Waals surface area contributed by atoms with Gasteiger partial charge in [-0.1, -0.05) is 13.8 Å². The van der Waals surface area contributed by atoms with Crippen molar-refractivity contribution >= 4 is 22.0 Å². The minimum Gasteiger partial charge on any atom is -0.352 e. The number of rotatable bonds is 5. The molecule has 1 aliphatic rings. The van der Waals surface area contributed by atoms with Crippen LogP contribution in [0.15, 0.2) is 29.2 Å². The molecule has 1 aromatic rings. The van der Waals surface area contributed by atoms with E-state index in [1.165, 1.54) is 4.90 Å². The molecule has 0 unspecified atom stereocenters. The number of nitrogens with two attached hydrogens (primary N) is 1. The van der Waals surface area contributed by atoms with Crippen LogP contribution in [0.2, 0.25) is 0 Å². The van der Waals surface area contributed by atoms with Gasteiger partial charge in [0, 0.05) is 26.2 Å². The van der Waals surface area contributed by atoms with E-state index in [9.17, 15) is 31.2 Å². The molecule has 1 fully saturated rings. The molecule has 0 radical (unpaired) electrons. The normalized spacial score (nSPS) is 17.2. The van der Waals surface area contributed by atoms with E-state index in [1.54, 1.807) is 13.8 Å². The lowest BCUT2D eigenvalue weighted by atomic mass is 10.0. The van der Waals surface area contributed by atoms with Crippen molar-refractivity contribution < 1.29 is 31.2 Å². The van der Waals surface area contributed by atoms with Crippen LogP contribution in [0.5, 0.6) is 0 Å². The highest BCUT2D eigenvalue weighted by Crippen LogP contribution is 2.30. The van der Waals surface area contributed by atoms with Crippen LogP contribution < -0.4 is 11.1 Å². The summed E-state index contributed by atoms with van der Waals surface area (Å²) in [5.41, 5.74) is 4.16. The standard InChI is InChI=1S/C17H23F3N4O4S/c1-11(2)14(22-16(21)26)15(25)23-7-9-24(10-8-23)29(27,28)13-5-3-12(4-6-13)17(18,19)20/h3-6,11,14H,7-10H2,1-2H3,(H3,21,22,26)/t14-/m1/s1. The summed E-state index contributed by atoms with van der Waals surface area (Å²) >= 11 is 0. The first-order valence-electron chi connectivity index (χ1n) is 8.86. The Morgan fingerprint density at radius 2 is 1.59 bits per heavy atom. The van der Waals surface area contributed by atoms with E-state index < -0.39 is 33.8 Å². The minimum absolute atomic E-state index is 0.0174. The maximum Gasteiger partial charge on any atom is 0.416 e. The highest BCUT2D eigenvalue weighted by Gasteiger charge is 2.35. The number of alkyl halides is 3. The highest BCUT2D eigenvalue weighted by molar-refractivity contribution is 7.89. The lowest BCUT2D eigenvalue weighted by Gasteiger charge is -2.36. The van der Waals surface area contributed by atoms with Gasteiger partial charge in [0.2, 0.25) is 15.9 Å². The Balaban J connectivity index is 2.07. The highest BCUT2D eigenvalue weighted by atomic mass is 32.2. The van der Waals surface area contributed by atoms with Crippen molar-refractivity contribution in [3.8, 4) is 0 Å². The summed E-state index contributed by atoms with van der Waals surface area (Å²) < 4.78 is 64.5. The Kier molecular flexibility index (Phi) is 6.78. The average molecular weight is 436 g/mol. The number of carbonyl (C=O) groups excluding carboxylic acids is 2. The third-order valence-electron chi connectivity index (χ3n) is 4.60. The molecule has 29 heavy (non-hydrogen) atoms. The fourth-order valence-electron chi connectivity index (χ4n) is 2.98. The fourth-order valence-corrected chi connectivity index (χ4v) is 4.40. The van der Waals surface area contributed by atoms with Gasteiger partial charge in [0.25, 0.3) is 0 Å². The first-order valence-corrected chi connectivity index (χ1v) is 10.3. The van der Waals surface area contributed by atoms with Crippen LogP contribution >= 0.6 is 0 Å². The lowest BCUT2D eigenvalue weighted by molar-refractivity contribution is -0.137. The average Bonchev–Trinajstić information content (AvgIpc) is 2.64. The molecule has 1 atom stereocenters. The molecule has 1 saturated heterocycles. The van der Waals surface area contributed by atoms with E-state index in [1.807, 2.05) is 0 Å². The van der Waals surface area contributed by atoms with Gasteiger partial charge in [-0.2, -0.15) is 17.5 Å². The SMILES string of the molecule is CC(C)[C@@H](NC(N)=O)C(=O)N1CCN(S(=O)(=O)c2ccc(C(F)(F)F)cc2)CC1. The largest absolute Gasteiger partial charge is 0.416 e. The fraction of sp³-hybridized carbons (Fsp3) is 0.529. The van der Waals surface area contributed by atoms with Crippen LogP contribution in [0, 0.1) is 5.92 Å². The molecule has 3 amide bonds. The van der Waals surface area contributed by atoms with Gasteiger partial charge in [-0.15, -0.1) is 0 Å². The van der Waals surface area contributed by atoms with Gasteiger partial charge in [0.05, 0.1) is 10.5 Å². The van der Waals surface area contributed by atoms with Crippen molar-refractivity contribution in [3.63, 3.8) is 0 Å². The topological polar surface area (TPSA) is 113 Å². The third kappa shape index (κ3) is 5.38. The first kappa shape index (κ1) is 22.9. The molecule has 0 saturated carbocycles. The number of nitrogens with zero attached hydrogens (tertiary/aromatic N) is 2. The van der Waals surface area contributed by atoms with Crippen LogP contribution in [-0.4, -0.2) is 61.8 Å². The molecule has 2 rings (SSSR count). The van der Waals surface area contributed by atoms with E-state index in [0.29, 0.717) is 0 Å². The number of urea groups is 1. The predicted molar refractivity (Wildman–Crippen MR) is 98.1 cm³/mol. The zero-order chi connectivity index (χ0) is 22.0. The van der Waals surface area contributed by atoms with Gasteiger partial charge in [0.15, 0.2) is 0 Å². The van der Waals surface area contributed by atoms with Crippen LogP contribution in [0.25, 0.3) is 0 Å². The molecule has 0 aliphatic carbocycles. The van der Waals surface area contributed by atoms with Gasteiger partial charge in [-0.25, -0.2) is 13.2 Å². The second-order valence-electron chi connectivity index (χ2n) is 6.98. The van der Waals surface area contributed by atoms with E-state index >= 15 is 0 Å².